The molecule has 0 spiro atoms. The molecule has 0 N–H and O–H groups in total. The molecule has 0 amide bonds. The number of aryl methyl sites for hydroxylation is 3. The number of aromatic nitrogens is 1. The second-order valence-electron chi connectivity index (χ2n) is 8.16. The molecule has 2 heterocycles. The summed E-state index contributed by atoms with van der Waals surface area (Å²) in [4.78, 5) is 4.64. The van der Waals surface area contributed by atoms with Gasteiger partial charge >= 0.3 is 0 Å². The molecule has 2 unspecified atom stereocenters. The number of nitrogens with zero attached hydrogens (tertiary/aromatic N) is 1. The highest BCUT2D eigenvalue weighted by Crippen LogP contribution is 2.46. The zero-order chi connectivity index (χ0) is 17.5. The summed E-state index contributed by atoms with van der Waals surface area (Å²) in [5.74, 6) is 2.34. The van der Waals surface area contributed by atoms with Crippen molar-refractivity contribution in [2.24, 2.45) is 11.8 Å². The van der Waals surface area contributed by atoms with Crippen molar-refractivity contribution in [1.82, 2.24) is 4.98 Å². The lowest BCUT2D eigenvalue weighted by atomic mass is 9.87. The Balaban J connectivity index is 1.19. The SMILES string of the molecule is Cc1csc(C2CC[C@@H]3C(COc4ccc5c(c4)CCC5)CC[C@@H]3O2)n1. The topological polar surface area (TPSA) is 31.4 Å². The molecule has 1 aromatic carbocycles. The third-order valence-electron chi connectivity index (χ3n) is 6.45. The number of rotatable bonds is 4. The summed E-state index contributed by atoms with van der Waals surface area (Å²) in [7, 11) is 0. The second-order valence-corrected chi connectivity index (χ2v) is 9.05. The van der Waals surface area contributed by atoms with Gasteiger partial charge in [-0.2, -0.15) is 0 Å². The summed E-state index contributed by atoms with van der Waals surface area (Å²) in [6.45, 7) is 2.90. The molecule has 3 aliphatic rings. The molecule has 1 saturated heterocycles. The molecule has 2 aliphatic carbocycles. The Morgan fingerprint density at radius 2 is 2.08 bits per heavy atom. The maximum Gasteiger partial charge on any atom is 0.122 e. The van der Waals surface area contributed by atoms with Crippen LogP contribution in [0.15, 0.2) is 23.6 Å². The minimum Gasteiger partial charge on any atom is -0.493 e. The van der Waals surface area contributed by atoms with Crippen molar-refractivity contribution in [3.63, 3.8) is 0 Å². The van der Waals surface area contributed by atoms with Crippen LogP contribution >= 0.6 is 11.3 Å². The average molecular weight is 370 g/mol. The van der Waals surface area contributed by atoms with Gasteiger partial charge in [-0.3, -0.25) is 0 Å². The molecule has 1 aromatic heterocycles. The van der Waals surface area contributed by atoms with Gasteiger partial charge in [0.15, 0.2) is 0 Å². The van der Waals surface area contributed by atoms with Crippen LogP contribution in [0.3, 0.4) is 0 Å². The van der Waals surface area contributed by atoms with E-state index >= 15 is 0 Å². The van der Waals surface area contributed by atoms with Crippen LogP contribution in [0.5, 0.6) is 5.75 Å². The lowest BCUT2D eigenvalue weighted by Crippen LogP contribution is -2.31. The fraction of sp³-hybridized carbons (Fsp3) is 0.591. The molecule has 0 radical (unpaired) electrons. The van der Waals surface area contributed by atoms with Gasteiger partial charge < -0.3 is 9.47 Å². The monoisotopic (exact) mass is 369 g/mol. The van der Waals surface area contributed by atoms with Crippen molar-refractivity contribution in [3.05, 3.63) is 45.4 Å². The van der Waals surface area contributed by atoms with Crippen LogP contribution in [0, 0.1) is 18.8 Å². The van der Waals surface area contributed by atoms with Crippen molar-refractivity contribution in [3.8, 4) is 5.75 Å². The Hall–Kier alpha value is -1.39. The van der Waals surface area contributed by atoms with Crippen LogP contribution in [0.25, 0.3) is 0 Å². The van der Waals surface area contributed by atoms with Crippen LogP contribution in [0.4, 0.5) is 0 Å². The van der Waals surface area contributed by atoms with E-state index in [9.17, 15) is 0 Å². The number of thiazole rings is 1. The van der Waals surface area contributed by atoms with E-state index in [2.05, 4.69) is 35.5 Å². The first-order valence-corrected chi connectivity index (χ1v) is 11.0. The van der Waals surface area contributed by atoms with Gasteiger partial charge in [-0.25, -0.2) is 4.98 Å². The Bertz CT molecular complexity index is 786. The predicted molar refractivity (Wildman–Crippen MR) is 104 cm³/mol. The minimum atomic E-state index is 0.214. The highest BCUT2D eigenvalue weighted by Gasteiger charge is 2.42. The number of benzene rings is 1. The molecular formula is C22H27NO2S. The molecule has 3 nitrogen and oxygen atoms in total. The maximum absolute atomic E-state index is 6.44. The van der Waals surface area contributed by atoms with Crippen LogP contribution in [0.2, 0.25) is 0 Å². The summed E-state index contributed by atoms with van der Waals surface area (Å²) >= 11 is 1.75. The smallest absolute Gasteiger partial charge is 0.122 e. The molecular weight excluding hydrogens is 342 g/mol. The Morgan fingerprint density at radius 1 is 1.15 bits per heavy atom. The van der Waals surface area contributed by atoms with Crippen molar-refractivity contribution < 1.29 is 9.47 Å². The summed E-state index contributed by atoms with van der Waals surface area (Å²) in [5.41, 5.74) is 4.12. The molecule has 1 saturated carbocycles. The minimum absolute atomic E-state index is 0.214. The fourth-order valence-corrected chi connectivity index (χ4v) is 5.94. The molecule has 138 valence electrons. The Kier molecular flexibility index (Phi) is 4.49. The maximum atomic E-state index is 6.44. The number of ether oxygens (including phenoxy) is 2. The molecule has 0 bridgehead atoms. The zero-order valence-electron chi connectivity index (χ0n) is 15.4. The van der Waals surface area contributed by atoms with Gasteiger partial charge in [-0.05, 0) is 87.0 Å². The van der Waals surface area contributed by atoms with Gasteiger partial charge in [-0.1, -0.05) is 6.07 Å². The molecule has 26 heavy (non-hydrogen) atoms. The van der Waals surface area contributed by atoms with E-state index in [-0.39, 0.29) is 6.10 Å². The van der Waals surface area contributed by atoms with Gasteiger partial charge in [0.05, 0.1) is 12.7 Å². The van der Waals surface area contributed by atoms with Gasteiger partial charge in [0.2, 0.25) is 0 Å². The number of hydrogen-bond donors (Lipinski definition) is 0. The van der Waals surface area contributed by atoms with Gasteiger partial charge in [0.25, 0.3) is 0 Å². The van der Waals surface area contributed by atoms with Gasteiger partial charge in [-0.15, -0.1) is 11.3 Å². The number of hydrogen-bond acceptors (Lipinski definition) is 4. The molecule has 4 atom stereocenters. The quantitative estimate of drug-likeness (QED) is 0.736. The molecule has 1 aliphatic heterocycles. The first-order valence-electron chi connectivity index (χ1n) is 10.1. The van der Waals surface area contributed by atoms with Crippen molar-refractivity contribution in [1.29, 1.82) is 0 Å². The summed E-state index contributed by atoms with van der Waals surface area (Å²) < 4.78 is 12.7. The molecule has 2 fully saturated rings. The van der Waals surface area contributed by atoms with E-state index in [1.165, 1.54) is 54.7 Å². The van der Waals surface area contributed by atoms with Gasteiger partial charge in [0, 0.05) is 11.1 Å². The highest BCUT2D eigenvalue weighted by atomic mass is 32.1. The molecule has 4 heteroatoms. The average Bonchev–Trinajstić information content (AvgIpc) is 3.38. The Labute approximate surface area is 159 Å². The van der Waals surface area contributed by atoms with E-state index < -0.39 is 0 Å². The number of fused-ring (bicyclic) bond motifs is 2. The standard InChI is InChI=1S/C22H27NO2S/c1-14-13-26-22(23-14)21-10-8-19-17(6-9-20(19)25-21)12-24-18-7-5-15-3-2-4-16(15)11-18/h5,7,11,13,17,19-21H,2-4,6,8-10,12H2,1H3/t17?,19-,20+,21?/m1/s1. The lowest BCUT2D eigenvalue weighted by Gasteiger charge is -2.34. The van der Waals surface area contributed by atoms with Crippen molar-refractivity contribution >= 4 is 11.3 Å². The van der Waals surface area contributed by atoms with E-state index in [0.29, 0.717) is 17.9 Å². The summed E-state index contributed by atoms with van der Waals surface area (Å²) in [5, 5.41) is 3.30. The molecule has 2 aromatic rings. The van der Waals surface area contributed by atoms with Gasteiger partial charge in [0.1, 0.15) is 16.9 Å². The first kappa shape index (κ1) is 16.8. The third-order valence-corrected chi connectivity index (χ3v) is 7.51. The summed E-state index contributed by atoms with van der Waals surface area (Å²) in [6.07, 6.45) is 9.09. The van der Waals surface area contributed by atoms with E-state index in [0.717, 1.165) is 24.5 Å². The van der Waals surface area contributed by atoms with Crippen LogP contribution < -0.4 is 4.74 Å². The molecule has 5 rings (SSSR count). The van der Waals surface area contributed by atoms with E-state index in [1.54, 1.807) is 11.3 Å². The normalized spacial score (nSPS) is 30.2. The highest BCUT2D eigenvalue weighted by molar-refractivity contribution is 7.09. The Morgan fingerprint density at radius 3 is 2.96 bits per heavy atom. The first-order chi connectivity index (χ1) is 12.8. The van der Waals surface area contributed by atoms with Crippen LogP contribution in [0.1, 0.15) is 60.0 Å². The van der Waals surface area contributed by atoms with E-state index in [4.69, 9.17) is 9.47 Å². The second kappa shape index (κ2) is 6.97. The van der Waals surface area contributed by atoms with Crippen LogP contribution in [-0.4, -0.2) is 17.7 Å². The largest absolute Gasteiger partial charge is 0.493 e. The van der Waals surface area contributed by atoms with Crippen LogP contribution in [-0.2, 0) is 17.6 Å². The lowest BCUT2D eigenvalue weighted by molar-refractivity contribution is -0.0812. The fourth-order valence-electron chi connectivity index (χ4n) is 5.07. The zero-order valence-corrected chi connectivity index (χ0v) is 16.3. The van der Waals surface area contributed by atoms with Crippen molar-refractivity contribution in [2.45, 2.75) is 64.1 Å². The van der Waals surface area contributed by atoms with Crippen molar-refractivity contribution in [2.75, 3.05) is 6.61 Å². The summed E-state index contributed by atoms with van der Waals surface area (Å²) in [6, 6.07) is 6.70. The predicted octanol–water partition coefficient (Wildman–Crippen LogP) is 5.27. The third kappa shape index (κ3) is 3.18. The van der Waals surface area contributed by atoms with E-state index in [1.807, 2.05) is 0 Å².